The predicted molar refractivity (Wildman–Crippen MR) is 79.4 cm³/mol. The van der Waals surface area contributed by atoms with E-state index in [4.69, 9.17) is 10.5 Å². The van der Waals surface area contributed by atoms with Gasteiger partial charge in [0, 0.05) is 31.6 Å². The SMILES string of the molecule is CCC(=O)NCc1cc(S(=O)(=O)NCCN)ccc1OC. The second kappa shape index (κ2) is 7.96. The van der Waals surface area contributed by atoms with Gasteiger partial charge in [-0.1, -0.05) is 6.92 Å². The second-order valence-corrected chi connectivity index (χ2v) is 6.06. The van der Waals surface area contributed by atoms with Crippen LogP contribution in [0, 0.1) is 0 Å². The van der Waals surface area contributed by atoms with E-state index >= 15 is 0 Å². The Morgan fingerprint density at radius 3 is 2.67 bits per heavy atom. The van der Waals surface area contributed by atoms with Gasteiger partial charge in [-0.05, 0) is 18.2 Å². The summed E-state index contributed by atoms with van der Waals surface area (Å²) in [5.41, 5.74) is 5.88. The molecule has 1 amide bonds. The molecule has 0 aliphatic heterocycles. The van der Waals surface area contributed by atoms with Crippen LogP contribution in [-0.4, -0.2) is 34.5 Å². The van der Waals surface area contributed by atoms with Gasteiger partial charge in [0.15, 0.2) is 0 Å². The Morgan fingerprint density at radius 1 is 1.38 bits per heavy atom. The lowest BCUT2D eigenvalue weighted by Crippen LogP contribution is -2.29. The van der Waals surface area contributed by atoms with Crippen LogP contribution in [0.1, 0.15) is 18.9 Å². The number of hydrogen-bond acceptors (Lipinski definition) is 5. The number of methoxy groups -OCH3 is 1. The molecule has 0 heterocycles. The number of rotatable bonds is 8. The first kappa shape index (κ1) is 17.4. The van der Waals surface area contributed by atoms with Crippen molar-refractivity contribution in [2.24, 2.45) is 5.73 Å². The van der Waals surface area contributed by atoms with Crippen molar-refractivity contribution in [2.75, 3.05) is 20.2 Å². The van der Waals surface area contributed by atoms with Crippen LogP contribution in [0.5, 0.6) is 5.75 Å². The van der Waals surface area contributed by atoms with Crippen LogP contribution < -0.4 is 20.5 Å². The van der Waals surface area contributed by atoms with Crippen LogP contribution in [0.4, 0.5) is 0 Å². The van der Waals surface area contributed by atoms with Gasteiger partial charge in [-0.3, -0.25) is 4.79 Å². The molecule has 118 valence electrons. The Hall–Kier alpha value is -1.64. The molecule has 0 radical (unpaired) electrons. The smallest absolute Gasteiger partial charge is 0.240 e. The summed E-state index contributed by atoms with van der Waals surface area (Å²) >= 11 is 0. The standard InChI is InChI=1S/C13H21N3O4S/c1-3-13(17)15-9-10-8-11(4-5-12(10)20-2)21(18,19)16-7-6-14/h4-5,8,16H,3,6-7,9,14H2,1-2H3,(H,15,17). The summed E-state index contributed by atoms with van der Waals surface area (Å²) in [6.45, 7) is 2.32. The zero-order valence-electron chi connectivity index (χ0n) is 12.2. The van der Waals surface area contributed by atoms with Crippen LogP contribution in [0.2, 0.25) is 0 Å². The number of hydrogen-bond donors (Lipinski definition) is 3. The van der Waals surface area contributed by atoms with Gasteiger partial charge in [-0.25, -0.2) is 13.1 Å². The average molecular weight is 315 g/mol. The Labute approximate surface area is 124 Å². The minimum Gasteiger partial charge on any atom is -0.496 e. The Kier molecular flexibility index (Phi) is 6.60. The Bertz CT molecular complexity index is 587. The van der Waals surface area contributed by atoms with Gasteiger partial charge >= 0.3 is 0 Å². The van der Waals surface area contributed by atoms with Crippen LogP contribution >= 0.6 is 0 Å². The Balaban J connectivity index is 3.01. The number of benzene rings is 1. The van der Waals surface area contributed by atoms with Crippen molar-refractivity contribution in [2.45, 2.75) is 24.8 Å². The van der Waals surface area contributed by atoms with E-state index in [1.54, 1.807) is 13.0 Å². The maximum Gasteiger partial charge on any atom is 0.240 e. The molecule has 8 heteroatoms. The van der Waals surface area contributed by atoms with E-state index in [2.05, 4.69) is 10.0 Å². The van der Waals surface area contributed by atoms with Crippen molar-refractivity contribution >= 4 is 15.9 Å². The summed E-state index contributed by atoms with van der Waals surface area (Å²) < 4.78 is 31.6. The van der Waals surface area contributed by atoms with E-state index in [0.717, 1.165) is 0 Å². The van der Waals surface area contributed by atoms with E-state index in [1.165, 1.54) is 19.2 Å². The highest BCUT2D eigenvalue weighted by molar-refractivity contribution is 7.89. The highest BCUT2D eigenvalue weighted by atomic mass is 32.2. The van der Waals surface area contributed by atoms with Crippen LogP contribution in [0.3, 0.4) is 0 Å². The molecule has 0 aromatic heterocycles. The van der Waals surface area contributed by atoms with E-state index in [0.29, 0.717) is 17.7 Å². The molecule has 0 saturated heterocycles. The van der Waals surface area contributed by atoms with Crippen molar-refractivity contribution in [1.29, 1.82) is 0 Å². The van der Waals surface area contributed by atoms with Gasteiger partial charge in [-0.15, -0.1) is 0 Å². The summed E-state index contributed by atoms with van der Waals surface area (Å²) in [5.74, 6) is 0.399. The first-order chi connectivity index (χ1) is 9.94. The molecule has 1 aromatic rings. The number of nitrogens with one attached hydrogen (secondary N) is 2. The summed E-state index contributed by atoms with van der Waals surface area (Å²) in [6, 6.07) is 4.49. The van der Waals surface area contributed by atoms with E-state index in [1.807, 2.05) is 0 Å². The Morgan fingerprint density at radius 2 is 2.10 bits per heavy atom. The largest absolute Gasteiger partial charge is 0.496 e. The fraction of sp³-hybridized carbons (Fsp3) is 0.462. The quantitative estimate of drug-likeness (QED) is 0.623. The molecule has 0 bridgehead atoms. The molecule has 0 aliphatic carbocycles. The molecule has 21 heavy (non-hydrogen) atoms. The number of amides is 1. The third kappa shape index (κ3) is 5.00. The molecule has 4 N–H and O–H groups in total. The van der Waals surface area contributed by atoms with Gasteiger partial charge in [0.05, 0.1) is 12.0 Å². The van der Waals surface area contributed by atoms with Gasteiger partial charge < -0.3 is 15.8 Å². The zero-order chi connectivity index (χ0) is 15.9. The third-order valence-corrected chi connectivity index (χ3v) is 4.25. The van der Waals surface area contributed by atoms with Crippen LogP contribution in [0.25, 0.3) is 0 Å². The molecule has 1 aromatic carbocycles. The van der Waals surface area contributed by atoms with Crippen molar-refractivity contribution in [3.63, 3.8) is 0 Å². The average Bonchev–Trinajstić information content (AvgIpc) is 2.50. The topological polar surface area (TPSA) is 111 Å². The summed E-state index contributed by atoms with van der Waals surface area (Å²) in [5, 5.41) is 2.69. The fourth-order valence-electron chi connectivity index (χ4n) is 1.66. The summed E-state index contributed by atoms with van der Waals surface area (Å²) in [7, 11) is -2.12. The van der Waals surface area contributed by atoms with E-state index in [9.17, 15) is 13.2 Å². The van der Waals surface area contributed by atoms with Crippen molar-refractivity contribution in [3.05, 3.63) is 23.8 Å². The first-order valence-electron chi connectivity index (χ1n) is 6.58. The van der Waals surface area contributed by atoms with Gasteiger partial charge in [0.2, 0.25) is 15.9 Å². The molecule has 0 spiro atoms. The summed E-state index contributed by atoms with van der Waals surface area (Å²) in [6.07, 6.45) is 0.359. The predicted octanol–water partition coefficient (Wildman–Crippen LogP) is -0.0416. The molecule has 7 nitrogen and oxygen atoms in total. The number of carbonyl (C=O) groups excluding carboxylic acids is 1. The molecule has 0 saturated carbocycles. The van der Waals surface area contributed by atoms with Crippen molar-refractivity contribution < 1.29 is 17.9 Å². The molecule has 0 unspecified atom stereocenters. The zero-order valence-corrected chi connectivity index (χ0v) is 13.0. The number of carbonyl (C=O) groups is 1. The third-order valence-electron chi connectivity index (χ3n) is 2.80. The van der Waals surface area contributed by atoms with Crippen LogP contribution in [0.15, 0.2) is 23.1 Å². The van der Waals surface area contributed by atoms with E-state index in [-0.39, 0.29) is 30.4 Å². The highest BCUT2D eigenvalue weighted by Crippen LogP contribution is 2.22. The molecule has 0 fully saturated rings. The molecule has 1 rings (SSSR count). The number of nitrogens with two attached hydrogens (primary N) is 1. The lowest BCUT2D eigenvalue weighted by Gasteiger charge is -2.12. The maximum absolute atomic E-state index is 12.0. The molecule has 0 aliphatic rings. The van der Waals surface area contributed by atoms with Gasteiger partial charge in [0.25, 0.3) is 0 Å². The molecular formula is C13H21N3O4S. The van der Waals surface area contributed by atoms with Crippen molar-refractivity contribution in [1.82, 2.24) is 10.0 Å². The second-order valence-electron chi connectivity index (χ2n) is 4.29. The number of sulfonamides is 1. The minimum atomic E-state index is -3.61. The van der Waals surface area contributed by atoms with Gasteiger partial charge in [-0.2, -0.15) is 0 Å². The van der Waals surface area contributed by atoms with E-state index < -0.39 is 10.0 Å². The van der Waals surface area contributed by atoms with Gasteiger partial charge in [0.1, 0.15) is 5.75 Å². The lowest BCUT2D eigenvalue weighted by atomic mass is 10.2. The normalized spacial score (nSPS) is 11.2. The molecule has 0 atom stereocenters. The first-order valence-corrected chi connectivity index (χ1v) is 8.06. The summed E-state index contributed by atoms with van der Waals surface area (Å²) in [4.78, 5) is 11.4. The van der Waals surface area contributed by atoms with Crippen LogP contribution in [-0.2, 0) is 21.4 Å². The lowest BCUT2D eigenvalue weighted by molar-refractivity contribution is -0.120. The monoisotopic (exact) mass is 315 g/mol. The maximum atomic E-state index is 12.0. The highest BCUT2D eigenvalue weighted by Gasteiger charge is 2.16. The minimum absolute atomic E-state index is 0.109. The van der Waals surface area contributed by atoms with Crippen molar-refractivity contribution in [3.8, 4) is 5.75 Å². The molecular weight excluding hydrogens is 294 g/mol. The number of ether oxygens (including phenoxy) is 1. The fourth-order valence-corrected chi connectivity index (χ4v) is 2.75.